The first-order chi connectivity index (χ1) is 8.65. The molecule has 0 fully saturated rings. The molecule has 4 nitrogen and oxygen atoms in total. The number of hydrogen-bond acceptors (Lipinski definition) is 4. The Morgan fingerprint density at radius 2 is 2.06 bits per heavy atom. The molecule has 1 aliphatic heterocycles. The van der Waals surface area contributed by atoms with E-state index in [4.69, 9.17) is 0 Å². The van der Waals surface area contributed by atoms with E-state index >= 15 is 0 Å². The molecule has 0 spiro atoms. The van der Waals surface area contributed by atoms with Crippen LogP contribution in [0.5, 0.6) is 0 Å². The SMILES string of the molecule is O=[N+]([O-])c1cccc2c1Nc1cc(F)ccc1S2. The third-order valence-corrected chi connectivity index (χ3v) is 3.76. The van der Waals surface area contributed by atoms with Gasteiger partial charge in [0, 0.05) is 15.9 Å². The minimum absolute atomic E-state index is 0.00471. The van der Waals surface area contributed by atoms with Crippen LogP contribution >= 0.6 is 11.8 Å². The lowest BCUT2D eigenvalue weighted by Crippen LogP contribution is -2.03. The van der Waals surface area contributed by atoms with Crippen LogP contribution in [-0.2, 0) is 0 Å². The Balaban J connectivity index is 2.14. The van der Waals surface area contributed by atoms with Crippen molar-refractivity contribution < 1.29 is 9.31 Å². The first kappa shape index (κ1) is 11.0. The molecule has 90 valence electrons. The summed E-state index contributed by atoms with van der Waals surface area (Å²) in [6, 6.07) is 9.23. The van der Waals surface area contributed by atoms with Crippen LogP contribution in [0.25, 0.3) is 0 Å². The lowest BCUT2D eigenvalue weighted by molar-refractivity contribution is -0.384. The van der Waals surface area contributed by atoms with Crippen LogP contribution in [0, 0.1) is 15.9 Å². The maximum atomic E-state index is 13.1. The van der Waals surface area contributed by atoms with Crippen molar-refractivity contribution in [3.63, 3.8) is 0 Å². The van der Waals surface area contributed by atoms with Crippen LogP contribution in [0.2, 0.25) is 0 Å². The Kier molecular flexibility index (Phi) is 2.45. The molecule has 0 aliphatic carbocycles. The molecule has 0 radical (unpaired) electrons. The van der Waals surface area contributed by atoms with Crippen molar-refractivity contribution in [1.82, 2.24) is 0 Å². The van der Waals surface area contributed by atoms with Gasteiger partial charge in [-0.3, -0.25) is 10.1 Å². The fourth-order valence-corrected chi connectivity index (χ4v) is 2.82. The predicted molar refractivity (Wildman–Crippen MR) is 66.9 cm³/mol. The lowest BCUT2D eigenvalue weighted by atomic mass is 10.2. The number of nitro benzene ring substituents is 1. The molecular formula is C12H7FN2O2S. The Bertz CT molecular complexity index is 661. The van der Waals surface area contributed by atoms with Gasteiger partial charge in [0.15, 0.2) is 0 Å². The van der Waals surface area contributed by atoms with Gasteiger partial charge in [-0.05, 0) is 24.3 Å². The smallest absolute Gasteiger partial charge is 0.293 e. The summed E-state index contributed by atoms with van der Waals surface area (Å²) in [6.07, 6.45) is 0. The summed E-state index contributed by atoms with van der Waals surface area (Å²) in [7, 11) is 0. The highest BCUT2D eigenvalue weighted by Gasteiger charge is 2.23. The number of nitro groups is 1. The molecule has 2 aromatic rings. The molecule has 1 N–H and O–H groups in total. The van der Waals surface area contributed by atoms with Gasteiger partial charge in [0.2, 0.25) is 0 Å². The zero-order valence-electron chi connectivity index (χ0n) is 9.01. The normalized spacial score (nSPS) is 12.3. The minimum Gasteiger partial charge on any atom is -0.348 e. The fraction of sp³-hybridized carbons (Fsp3) is 0. The molecule has 0 amide bonds. The second-order valence-corrected chi connectivity index (χ2v) is 4.86. The van der Waals surface area contributed by atoms with E-state index in [0.29, 0.717) is 11.4 Å². The average molecular weight is 262 g/mol. The Labute approximate surface area is 106 Å². The highest BCUT2D eigenvalue weighted by Crippen LogP contribution is 2.47. The van der Waals surface area contributed by atoms with Gasteiger partial charge < -0.3 is 5.32 Å². The molecule has 18 heavy (non-hydrogen) atoms. The topological polar surface area (TPSA) is 55.2 Å². The first-order valence-electron chi connectivity index (χ1n) is 5.17. The standard InChI is InChI=1S/C12H7FN2O2S/c13-7-4-5-10-8(6-7)14-12-9(15(16)17)2-1-3-11(12)18-10/h1-6,14H. The van der Waals surface area contributed by atoms with E-state index in [-0.39, 0.29) is 11.5 Å². The number of para-hydroxylation sites is 1. The van der Waals surface area contributed by atoms with Crippen LogP contribution in [-0.4, -0.2) is 4.92 Å². The van der Waals surface area contributed by atoms with E-state index in [1.54, 1.807) is 18.2 Å². The molecule has 0 saturated carbocycles. The van der Waals surface area contributed by atoms with Gasteiger partial charge in [-0.25, -0.2) is 4.39 Å². The maximum absolute atomic E-state index is 13.1. The number of hydrogen-bond donors (Lipinski definition) is 1. The van der Waals surface area contributed by atoms with E-state index < -0.39 is 4.92 Å². The average Bonchev–Trinajstić information content (AvgIpc) is 2.35. The quantitative estimate of drug-likeness (QED) is 0.533. The largest absolute Gasteiger partial charge is 0.348 e. The zero-order chi connectivity index (χ0) is 12.7. The predicted octanol–water partition coefficient (Wildman–Crippen LogP) is 3.94. The minimum atomic E-state index is -0.448. The molecule has 0 bridgehead atoms. The van der Waals surface area contributed by atoms with Crippen molar-refractivity contribution in [2.24, 2.45) is 0 Å². The zero-order valence-corrected chi connectivity index (χ0v) is 9.83. The van der Waals surface area contributed by atoms with Crippen LogP contribution in [0.3, 0.4) is 0 Å². The van der Waals surface area contributed by atoms with Gasteiger partial charge >= 0.3 is 0 Å². The number of halogens is 1. The number of anilines is 2. The monoisotopic (exact) mass is 262 g/mol. The summed E-state index contributed by atoms with van der Waals surface area (Å²) in [5.41, 5.74) is 0.974. The summed E-state index contributed by atoms with van der Waals surface area (Å²) in [5, 5.41) is 13.9. The van der Waals surface area contributed by atoms with E-state index in [1.165, 1.54) is 30.0 Å². The van der Waals surface area contributed by atoms with Crippen molar-refractivity contribution in [1.29, 1.82) is 0 Å². The van der Waals surface area contributed by atoms with Gasteiger partial charge in [0.1, 0.15) is 11.5 Å². The molecule has 1 aliphatic rings. The van der Waals surface area contributed by atoms with Crippen LogP contribution < -0.4 is 5.32 Å². The highest BCUT2D eigenvalue weighted by molar-refractivity contribution is 7.99. The van der Waals surface area contributed by atoms with Gasteiger partial charge in [0.05, 0.1) is 10.6 Å². The van der Waals surface area contributed by atoms with E-state index in [1.807, 2.05) is 0 Å². The number of fused-ring (bicyclic) bond motifs is 2. The molecule has 1 heterocycles. The summed E-state index contributed by atoms with van der Waals surface area (Å²) in [6.45, 7) is 0. The Morgan fingerprint density at radius 3 is 2.83 bits per heavy atom. The number of nitrogens with zero attached hydrogens (tertiary/aromatic N) is 1. The highest BCUT2D eigenvalue weighted by atomic mass is 32.2. The Hall–Kier alpha value is -2.08. The lowest BCUT2D eigenvalue weighted by Gasteiger charge is -2.20. The van der Waals surface area contributed by atoms with E-state index in [2.05, 4.69) is 5.32 Å². The molecule has 0 aromatic heterocycles. The maximum Gasteiger partial charge on any atom is 0.293 e. The van der Waals surface area contributed by atoms with Crippen LogP contribution in [0.1, 0.15) is 0 Å². The summed E-state index contributed by atoms with van der Waals surface area (Å²) in [4.78, 5) is 12.1. The van der Waals surface area contributed by atoms with Crippen molar-refractivity contribution in [3.05, 3.63) is 52.3 Å². The molecule has 3 rings (SSSR count). The number of benzene rings is 2. The second-order valence-electron chi connectivity index (χ2n) is 3.77. The third-order valence-electron chi connectivity index (χ3n) is 2.62. The molecular weight excluding hydrogens is 255 g/mol. The van der Waals surface area contributed by atoms with Crippen molar-refractivity contribution in [3.8, 4) is 0 Å². The second kappa shape index (κ2) is 3.99. The Morgan fingerprint density at radius 1 is 1.22 bits per heavy atom. The van der Waals surface area contributed by atoms with Crippen molar-refractivity contribution in [2.45, 2.75) is 9.79 Å². The molecule has 0 unspecified atom stereocenters. The van der Waals surface area contributed by atoms with Crippen LogP contribution in [0.15, 0.2) is 46.2 Å². The number of nitrogens with one attached hydrogen (secondary N) is 1. The first-order valence-corrected chi connectivity index (χ1v) is 5.98. The van der Waals surface area contributed by atoms with Gasteiger partial charge in [-0.2, -0.15) is 0 Å². The summed E-state index contributed by atoms with van der Waals surface area (Å²) < 4.78 is 13.1. The molecule has 0 saturated heterocycles. The van der Waals surface area contributed by atoms with Gasteiger partial charge in [0.25, 0.3) is 5.69 Å². The van der Waals surface area contributed by atoms with Crippen LogP contribution in [0.4, 0.5) is 21.5 Å². The summed E-state index contributed by atoms with van der Waals surface area (Å²) in [5.74, 6) is -0.371. The third kappa shape index (κ3) is 1.70. The molecule has 0 atom stereocenters. The van der Waals surface area contributed by atoms with Gasteiger partial charge in [-0.1, -0.05) is 17.8 Å². The molecule has 2 aromatic carbocycles. The van der Waals surface area contributed by atoms with E-state index in [0.717, 1.165) is 9.79 Å². The van der Waals surface area contributed by atoms with Crippen molar-refractivity contribution >= 4 is 28.8 Å². The van der Waals surface area contributed by atoms with E-state index in [9.17, 15) is 14.5 Å². The van der Waals surface area contributed by atoms with Crippen molar-refractivity contribution in [2.75, 3.05) is 5.32 Å². The molecule has 6 heteroatoms. The van der Waals surface area contributed by atoms with Gasteiger partial charge in [-0.15, -0.1) is 0 Å². The fourth-order valence-electron chi connectivity index (χ4n) is 1.82. The summed E-state index contributed by atoms with van der Waals surface area (Å²) >= 11 is 1.39. The number of rotatable bonds is 1.